The lowest BCUT2D eigenvalue weighted by molar-refractivity contribution is 0.609. The second kappa shape index (κ2) is 4.29. The van der Waals surface area contributed by atoms with Gasteiger partial charge in [-0.15, -0.1) is 0 Å². The second-order valence-electron chi connectivity index (χ2n) is 4.41. The molecule has 0 fully saturated rings. The van der Waals surface area contributed by atoms with E-state index in [1.54, 1.807) is 22.8 Å². The predicted molar refractivity (Wildman–Crippen MR) is 69.2 cm³/mol. The van der Waals surface area contributed by atoms with E-state index in [1.807, 2.05) is 6.07 Å². The van der Waals surface area contributed by atoms with E-state index in [9.17, 15) is 9.18 Å². The largest absolute Gasteiger partial charge is 0.371 e. The molecule has 0 aliphatic carbocycles. The standard InChI is InChI=1S/C14H13FN2O/c15-12-4-2-10(3-5-12)11-8-13-16-6-1-7-17(13)14(18)9-11/h2-5,8-9,16H,1,6-7H2. The quantitative estimate of drug-likeness (QED) is 0.836. The Balaban J connectivity index is 2.11. The van der Waals surface area contributed by atoms with Crippen molar-refractivity contribution in [2.24, 2.45) is 0 Å². The van der Waals surface area contributed by atoms with E-state index in [4.69, 9.17) is 0 Å². The number of rotatable bonds is 1. The molecule has 0 saturated heterocycles. The van der Waals surface area contributed by atoms with E-state index >= 15 is 0 Å². The van der Waals surface area contributed by atoms with Crippen LogP contribution in [0.2, 0.25) is 0 Å². The van der Waals surface area contributed by atoms with Crippen molar-refractivity contribution >= 4 is 5.82 Å². The third-order valence-electron chi connectivity index (χ3n) is 3.17. The maximum absolute atomic E-state index is 12.9. The van der Waals surface area contributed by atoms with Crippen LogP contribution in [0.4, 0.5) is 10.2 Å². The number of pyridine rings is 1. The van der Waals surface area contributed by atoms with Crippen molar-refractivity contribution < 1.29 is 4.39 Å². The van der Waals surface area contributed by atoms with Crippen molar-refractivity contribution in [3.05, 3.63) is 52.6 Å². The van der Waals surface area contributed by atoms with Crippen LogP contribution >= 0.6 is 0 Å². The zero-order valence-electron chi connectivity index (χ0n) is 9.82. The van der Waals surface area contributed by atoms with E-state index in [0.29, 0.717) is 0 Å². The summed E-state index contributed by atoms with van der Waals surface area (Å²) in [6.45, 7) is 1.64. The number of halogens is 1. The Morgan fingerprint density at radius 1 is 1.11 bits per heavy atom. The normalized spacial score (nSPS) is 13.8. The minimum absolute atomic E-state index is 0.0148. The molecule has 4 heteroatoms. The smallest absolute Gasteiger partial charge is 0.252 e. The molecule has 0 amide bonds. The first kappa shape index (κ1) is 11.0. The van der Waals surface area contributed by atoms with Gasteiger partial charge in [0, 0.05) is 19.2 Å². The lowest BCUT2D eigenvalue weighted by atomic mass is 10.1. The third kappa shape index (κ3) is 1.90. The van der Waals surface area contributed by atoms with Gasteiger partial charge >= 0.3 is 0 Å². The number of aromatic nitrogens is 1. The lowest BCUT2D eigenvalue weighted by Crippen LogP contribution is -2.28. The molecule has 92 valence electrons. The summed E-state index contributed by atoms with van der Waals surface area (Å²) in [5.41, 5.74) is 1.66. The minimum atomic E-state index is -0.272. The van der Waals surface area contributed by atoms with Gasteiger partial charge in [-0.25, -0.2) is 4.39 Å². The first-order chi connectivity index (χ1) is 8.74. The molecule has 0 atom stereocenters. The Morgan fingerprint density at radius 2 is 1.89 bits per heavy atom. The molecule has 1 aliphatic heterocycles. The Morgan fingerprint density at radius 3 is 2.67 bits per heavy atom. The van der Waals surface area contributed by atoms with Crippen molar-refractivity contribution in [3.8, 4) is 11.1 Å². The molecule has 0 saturated carbocycles. The second-order valence-corrected chi connectivity index (χ2v) is 4.41. The van der Waals surface area contributed by atoms with Crippen molar-refractivity contribution in [1.82, 2.24) is 4.57 Å². The van der Waals surface area contributed by atoms with Crippen molar-refractivity contribution in [2.45, 2.75) is 13.0 Å². The van der Waals surface area contributed by atoms with Crippen molar-refractivity contribution in [2.75, 3.05) is 11.9 Å². The zero-order valence-corrected chi connectivity index (χ0v) is 9.82. The number of hydrogen-bond acceptors (Lipinski definition) is 2. The summed E-state index contributed by atoms with van der Waals surface area (Å²) >= 11 is 0. The third-order valence-corrected chi connectivity index (χ3v) is 3.17. The number of benzene rings is 1. The summed E-state index contributed by atoms with van der Waals surface area (Å²) in [6.07, 6.45) is 0.961. The van der Waals surface area contributed by atoms with Gasteiger partial charge in [-0.05, 0) is 35.7 Å². The van der Waals surface area contributed by atoms with Crippen LogP contribution in [0, 0.1) is 5.82 Å². The minimum Gasteiger partial charge on any atom is -0.371 e. The average Bonchev–Trinajstić information content (AvgIpc) is 2.39. The first-order valence-corrected chi connectivity index (χ1v) is 5.99. The SMILES string of the molecule is O=c1cc(-c2ccc(F)cc2)cc2n1CCCN2. The molecule has 1 aliphatic rings. The van der Waals surface area contributed by atoms with E-state index in [-0.39, 0.29) is 11.4 Å². The number of anilines is 1. The van der Waals surface area contributed by atoms with Gasteiger partial charge in [-0.2, -0.15) is 0 Å². The van der Waals surface area contributed by atoms with Gasteiger partial charge in [0.25, 0.3) is 5.56 Å². The summed E-state index contributed by atoms with van der Waals surface area (Å²) in [4.78, 5) is 12.0. The first-order valence-electron chi connectivity index (χ1n) is 5.99. The average molecular weight is 244 g/mol. The van der Waals surface area contributed by atoms with Gasteiger partial charge in [0.1, 0.15) is 11.6 Å². The van der Waals surface area contributed by atoms with Crippen LogP contribution < -0.4 is 10.9 Å². The summed E-state index contributed by atoms with van der Waals surface area (Å²) in [7, 11) is 0. The molecule has 1 aromatic heterocycles. The van der Waals surface area contributed by atoms with Crippen molar-refractivity contribution in [3.63, 3.8) is 0 Å². The molecule has 2 aromatic rings. The number of nitrogens with zero attached hydrogens (tertiary/aromatic N) is 1. The summed E-state index contributed by atoms with van der Waals surface area (Å²) in [5.74, 6) is 0.569. The fourth-order valence-electron chi connectivity index (χ4n) is 2.24. The van der Waals surface area contributed by atoms with E-state index in [0.717, 1.165) is 36.5 Å². The van der Waals surface area contributed by atoms with Crippen LogP contribution in [0.5, 0.6) is 0 Å². The maximum Gasteiger partial charge on any atom is 0.252 e. The molecule has 3 nitrogen and oxygen atoms in total. The number of nitrogens with one attached hydrogen (secondary N) is 1. The van der Waals surface area contributed by atoms with E-state index in [2.05, 4.69) is 5.32 Å². The summed E-state index contributed by atoms with van der Waals surface area (Å²) in [5, 5.41) is 3.21. The summed E-state index contributed by atoms with van der Waals surface area (Å²) in [6, 6.07) is 9.71. The topological polar surface area (TPSA) is 34.0 Å². The molecule has 0 spiro atoms. The van der Waals surface area contributed by atoms with Crippen LogP contribution in [0.3, 0.4) is 0 Å². The van der Waals surface area contributed by atoms with Gasteiger partial charge in [0.2, 0.25) is 0 Å². The van der Waals surface area contributed by atoms with E-state index in [1.165, 1.54) is 12.1 Å². The highest BCUT2D eigenvalue weighted by atomic mass is 19.1. The van der Waals surface area contributed by atoms with Crippen LogP contribution in [0.15, 0.2) is 41.2 Å². The van der Waals surface area contributed by atoms with Gasteiger partial charge in [0.15, 0.2) is 0 Å². The molecule has 0 radical (unpaired) electrons. The predicted octanol–water partition coefficient (Wildman–Crippen LogP) is 2.47. The van der Waals surface area contributed by atoms with Crippen LogP contribution in [0.25, 0.3) is 11.1 Å². The molecule has 18 heavy (non-hydrogen) atoms. The maximum atomic E-state index is 12.9. The molecule has 0 bridgehead atoms. The molecule has 2 heterocycles. The highest BCUT2D eigenvalue weighted by molar-refractivity contribution is 5.66. The molecular weight excluding hydrogens is 231 g/mol. The Bertz CT molecular complexity index is 631. The highest BCUT2D eigenvalue weighted by Crippen LogP contribution is 2.22. The van der Waals surface area contributed by atoms with Crippen LogP contribution in [-0.4, -0.2) is 11.1 Å². The monoisotopic (exact) mass is 244 g/mol. The molecule has 1 N–H and O–H groups in total. The Labute approximate surface area is 104 Å². The molecular formula is C14H13FN2O. The van der Waals surface area contributed by atoms with Crippen molar-refractivity contribution in [1.29, 1.82) is 0 Å². The molecule has 1 aromatic carbocycles. The Hall–Kier alpha value is -2.10. The zero-order chi connectivity index (χ0) is 12.5. The van der Waals surface area contributed by atoms with Crippen LogP contribution in [-0.2, 0) is 6.54 Å². The van der Waals surface area contributed by atoms with Gasteiger partial charge in [0.05, 0.1) is 0 Å². The van der Waals surface area contributed by atoms with Gasteiger partial charge < -0.3 is 5.32 Å². The highest BCUT2D eigenvalue weighted by Gasteiger charge is 2.11. The van der Waals surface area contributed by atoms with Gasteiger partial charge in [-0.3, -0.25) is 9.36 Å². The summed E-state index contributed by atoms with van der Waals surface area (Å²) < 4.78 is 14.6. The van der Waals surface area contributed by atoms with Crippen LogP contribution in [0.1, 0.15) is 6.42 Å². The lowest BCUT2D eigenvalue weighted by Gasteiger charge is -2.20. The molecule has 0 unspecified atom stereocenters. The Kier molecular flexibility index (Phi) is 2.63. The number of fused-ring (bicyclic) bond motifs is 1. The van der Waals surface area contributed by atoms with Gasteiger partial charge in [-0.1, -0.05) is 12.1 Å². The fraction of sp³-hybridized carbons (Fsp3) is 0.214. The fourth-order valence-corrected chi connectivity index (χ4v) is 2.24. The van der Waals surface area contributed by atoms with E-state index < -0.39 is 0 Å². The molecule has 3 rings (SSSR count). The number of hydrogen-bond donors (Lipinski definition) is 1.